The van der Waals surface area contributed by atoms with E-state index in [1.54, 1.807) is 6.20 Å². The summed E-state index contributed by atoms with van der Waals surface area (Å²) in [6.07, 6.45) is 7.55. The molecule has 0 aromatic carbocycles. The van der Waals surface area contributed by atoms with Gasteiger partial charge in [-0.15, -0.1) is 0 Å². The van der Waals surface area contributed by atoms with E-state index in [9.17, 15) is 0 Å². The van der Waals surface area contributed by atoms with Crippen molar-refractivity contribution < 1.29 is 4.74 Å². The maximum atomic E-state index is 5.33. The molecule has 56 valence electrons. The fourth-order valence-electron chi connectivity index (χ4n) is 0.958. The molecule has 0 atom stereocenters. The summed E-state index contributed by atoms with van der Waals surface area (Å²) < 4.78 is 5.33. The van der Waals surface area contributed by atoms with Gasteiger partial charge in [0.15, 0.2) is 0 Å². The number of H-pyrrole nitrogens is 1. The molecule has 0 saturated carbocycles. The summed E-state index contributed by atoms with van der Waals surface area (Å²) in [5.41, 5.74) is 0.925. The lowest BCUT2D eigenvalue weighted by molar-refractivity contribution is 0.314. The maximum absolute atomic E-state index is 5.33. The lowest BCUT2D eigenvalue weighted by Crippen LogP contribution is -1.95. The van der Waals surface area contributed by atoms with Crippen molar-refractivity contribution in [3.05, 3.63) is 36.2 Å². The molecule has 0 amide bonds. The molecule has 3 heteroatoms. The molecule has 1 aliphatic heterocycles. The topological polar surface area (TPSA) is 37.9 Å². The molecule has 1 aliphatic rings. The minimum Gasteiger partial charge on any atom is -0.487 e. The smallest absolute Gasteiger partial charge is 0.144 e. The van der Waals surface area contributed by atoms with Crippen LogP contribution in [0.2, 0.25) is 0 Å². The Kier molecular flexibility index (Phi) is 1.48. The first-order chi connectivity index (χ1) is 5.47. The van der Waals surface area contributed by atoms with E-state index in [0.717, 1.165) is 11.5 Å². The quantitative estimate of drug-likeness (QED) is 0.652. The van der Waals surface area contributed by atoms with Crippen LogP contribution in [0, 0.1) is 0 Å². The van der Waals surface area contributed by atoms with Gasteiger partial charge in [-0.1, -0.05) is 6.08 Å². The second-order valence-electron chi connectivity index (χ2n) is 2.24. The van der Waals surface area contributed by atoms with Gasteiger partial charge in [0.25, 0.3) is 0 Å². The van der Waals surface area contributed by atoms with Crippen LogP contribution < -0.4 is 0 Å². The number of ether oxygens (including phenoxy) is 1. The van der Waals surface area contributed by atoms with Gasteiger partial charge >= 0.3 is 0 Å². The van der Waals surface area contributed by atoms with Crippen molar-refractivity contribution >= 4 is 5.76 Å². The summed E-state index contributed by atoms with van der Waals surface area (Å²) in [6, 6.07) is 1.88. The predicted octanol–water partition coefficient (Wildman–Crippen LogP) is 1.34. The average Bonchev–Trinajstić information content (AvgIpc) is 2.58. The minimum atomic E-state index is 0.644. The Labute approximate surface area is 64.4 Å². The van der Waals surface area contributed by atoms with Gasteiger partial charge in [0.1, 0.15) is 12.4 Å². The fraction of sp³-hybridized carbons (Fsp3) is 0.125. The SMILES string of the molecule is C1=CCOC(c2ccn[nH]2)=C1. The number of rotatable bonds is 1. The molecule has 0 fully saturated rings. The molecular weight excluding hydrogens is 140 g/mol. The van der Waals surface area contributed by atoms with Gasteiger partial charge in [-0.2, -0.15) is 5.10 Å². The van der Waals surface area contributed by atoms with E-state index in [4.69, 9.17) is 4.74 Å². The highest BCUT2D eigenvalue weighted by molar-refractivity contribution is 5.58. The van der Waals surface area contributed by atoms with Crippen LogP contribution >= 0.6 is 0 Å². The lowest BCUT2D eigenvalue weighted by Gasteiger charge is -2.08. The molecule has 0 unspecified atom stereocenters. The van der Waals surface area contributed by atoms with Crippen LogP contribution in [-0.2, 0) is 4.74 Å². The summed E-state index contributed by atoms with van der Waals surface area (Å²) >= 11 is 0. The summed E-state index contributed by atoms with van der Waals surface area (Å²) in [5, 5.41) is 6.66. The van der Waals surface area contributed by atoms with Crippen molar-refractivity contribution in [1.29, 1.82) is 0 Å². The summed E-state index contributed by atoms with van der Waals surface area (Å²) in [5.74, 6) is 0.852. The van der Waals surface area contributed by atoms with Gasteiger partial charge in [0.2, 0.25) is 0 Å². The first-order valence-electron chi connectivity index (χ1n) is 3.46. The molecule has 0 saturated heterocycles. The Hall–Kier alpha value is -1.51. The number of hydrogen-bond acceptors (Lipinski definition) is 2. The molecule has 2 rings (SSSR count). The van der Waals surface area contributed by atoms with E-state index in [1.807, 2.05) is 24.3 Å². The monoisotopic (exact) mass is 148 g/mol. The number of allylic oxidation sites excluding steroid dienone is 2. The highest BCUT2D eigenvalue weighted by Crippen LogP contribution is 2.14. The Morgan fingerprint density at radius 3 is 3.18 bits per heavy atom. The van der Waals surface area contributed by atoms with Crippen LogP contribution in [0.5, 0.6) is 0 Å². The molecule has 1 aromatic rings. The zero-order valence-corrected chi connectivity index (χ0v) is 5.95. The maximum Gasteiger partial charge on any atom is 0.144 e. The molecule has 0 aliphatic carbocycles. The van der Waals surface area contributed by atoms with Gasteiger partial charge < -0.3 is 4.74 Å². The number of aromatic nitrogens is 2. The highest BCUT2D eigenvalue weighted by atomic mass is 16.5. The van der Waals surface area contributed by atoms with Gasteiger partial charge in [0.05, 0.1) is 5.69 Å². The molecule has 2 heterocycles. The zero-order valence-electron chi connectivity index (χ0n) is 5.95. The first kappa shape index (κ1) is 6.22. The lowest BCUT2D eigenvalue weighted by atomic mass is 10.3. The molecule has 0 radical (unpaired) electrons. The van der Waals surface area contributed by atoms with Crippen molar-refractivity contribution in [2.75, 3.05) is 6.61 Å². The summed E-state index contributed by atoms with van der Waals surface area (Å²) in [7, 11) is 0. The zero-order chi connectivity index (χ0) is 7.52. The third kappa shape index (κ3) is 1.17. The van der Waals surface area contributed by atoms with Crippen molar-refractivity contribution in [2.24, 2.45) is 0 Å². The third-order valence-electron chi connectivity index (χ3n) is 1.48. The van der Waals surface area contributed by atoms with Crippen LogP contribution in [0.4, 0.5) is 0 Å². The molecule has 0 bridgehead atoms. The van der Waals surface area contributed by atoms with Crippen molar-refractivity contribution in [3.8, 4) is 0 Å². The molecule has 1 N–H and O–H groups in total. The summed E-state index contributed by atoms with van der Waals surface area (Å²) in [6.45, 7) is 0.644. The second-order valence-corrected chi connectivity index (χ2v) is 2.24. The molecular formula is C8H8N2O. The van der Waals surface area contributed by atoms with E-state index in [-0.39, 0.29) is 0 Å². The van der Waals surface area contributed by atoms with E-state index >= 15 is 0 Å². The molecule has 11 heavy (non-hydrogen) atoms. The van der Waals surface area contributed by atoms with Gasteiger partial charge in [0, 0.05) is 6.20 Å². The standard InChI is InChI=1S/C8H8N2O/c1-2-6-11-8(3-1)7-4-5-9-10-7/h1-5H,6H2,(H,9,10). The second kappa shape index (κ2) is 2.62. The van der Waals surface area contributed by atoms with Crippen LogP contribution in [0.25, 0.3) is 5.76 Å². The molecule has 1 aromatic heterocycles. The van der Waals surface area contributed by atoms with Gasteiger partial charge in [-0.05, 0) is 18.2 Å². The van der Waals surface area contributed by atoms with Crippen LogP contribution in [0.3, 0.4) is 0 Å². The van der Waals surface area contributed by atoms with Crippen LogP contribution in [0.15, 0.2) is 30.5 Å². The van der Waals surface area contributed by atoms with Gasteiger partial charge in [-0.25, -0.2) is 0 Å². The molecule has 0 spiro atoms. The van der Waals surface area contributed by atoms with Crippen molar-refractivity contribution in [2.45, 2.75) is 0 Å². The Morgan fingerprint density at radius 1 is 1.55 bits per heavy atom. The van der Waals surface area contributed by atoms with Crippen molar-refractivity contribution in [1.82, 2.24) is 10.2 Å². The van der Waals surface area contributed by atoms with Crippen LogP contribution in [-0.4, -0.2) is 16.8 Å². The number of nitrogens with one attached hydrogen (secondary N) is 1. The average molecular weight is 148 g/mol. The number of aromatic amines is 1. The number of hydrogen-bond donors (Lipinski definition) is 1. The normalized spacial score (nSPS) is 15.8. The highest BCUT2D eigenvalue weighted by Gasteiger charge is 2.03. The number of nitrogens with zero attached hydrogens (tertiary/aromatic N) is 1. The third-order valence-corrected chi connectivity index (χ3v) is 1.48. The summed E-state index contributed by atoms with van der Waals surface area (Å²) in [4.78, 5) is 0. The predicted molar refractivity (Wildman–Crippen MR) is 41.7 cm³/mol. The fourth-order valence-corrected chi connectivity index (χ4v) is 0.958. The van der Waals surface area contributed by atoms with E-state index in [1.165, 1.54) is 0 Å². The van der Waals surface area contributed by atoms with E-state index in [0.29, 0.717) is 6.61 Å². The Morgan fingerprint density at radius 2 is 2.55 bits per heavy atom. The van der Waals surface area contributed by atoms with Gasteiger partial charge in [-0.3, -0.25) is 5.10 Å². The van der Waals surface area contributed by atoms with Crippen LogP contribution in [0.1, 0.15) is 5.69 Å². The Balaban J connectivity index is 2.29. The first-order valence-corrected chi connectivity index (χ1v) is 3.46. The minimum absolute atomic E-state index is 0.644. The van der Waals surface area contributed by atoms with E-state index < -0.39 is 0 Å². The van der Waals surface area contributed by atoms with E-state index in [2.05, 4.69) is 10.2 Å². The largest absolute Gasteiger partial charge is 0.487 e. The Bertz CT molecular complexity index is 285. The van der Waals surface area contributed by atoms with Crippen molar-refractivity contribution in [3.63, 3.8) is 0 Å². The molecule has 3 nitrogen and oxygen atoms in total.